The minimum atomic E-state index is -4.96. The third-order valence-corrected chi connectivity index (χ3v) is 20.4. The van der Waals surface area contributed by atoms with Crippen LogP contribution in [-0.4, -0.2) is 96.7 Å². The van der Waals surface area contributed by atoms with Crippen molar-refractivity contribution in [2.24, 2.45) is 0 Å². The lowest BCUT2D eigenvalue weighted by Crippen LogP contribution is -2.30. The van der Waals surface area contributed by atoms with E-state index in [2.05, 4.69) is 52.0 Å². The number of hydrogen-bond donors (Lipinski definition) is 3. The van der Waals surface area contributed by atoms with Crippen LogP contribution < -0.4 is 0 Å². The Morgan fingerprint density at radius 2 is 0.480 bits per heavy atom. The molecule has 0 spiro atoms. The summed E-state index contributed by atoms with van der Waals surface area (Å²) < 4.78 is 68.4. The Hall–Kier alpha value is -2.46. The van der Waals surface area contributed by atoms with Gasteiger partial charge in [0.15, 0.2) is 12.2 Å². The highest BCUT2D eigenvalue weighted by atomic mass is 31.2. The molecule has 100 heavy (non-hydrogen) atoms. The highest BCUT2D eigenvalue weighted by molar-refractivity contribution is 7.47. The van der Waals surface area contributed by atoms with Gasteiger partial charge in [-0.15, -0.1) is 0 Å². The Morgan fingerprint density at radius 1 is 0.280 bits per heavy atom. The maximum absolute atomic E-state index is 13.1. The summed E-state index contributed by atoms with van der Waals surface area (Å²) in [5.74, 6) is -2.15. The summed E-state index contributed by atoms with van der Waals surface area (Å²) in [4.78, 5) is 72.7. The van der Waals surface area contributed by atoms with Crippen molar-refractivity contribution >= 4 is 39.5 Å². The van der Waals surface area contributed by atoms with Crippen LogP contribution in [0, 0.1) is 0 Å². The van der Waals surface area contributed by atoms with Gasteiger partial charge in [-0.25, -0.2) is 9.13 Å². The summed E-state index contributed by atoms with van der Waals surface area (Å²) in [5, 5.41) is 10.6. The van der Waals surface area contributed by atoms with E-state index in [0.717, 1.165) is 109 Å². The average Bonchev–Trinajstić information content (AvgIpc) is 0.918. The second kappa shape index (κ2) is 74.8. The van der Waals surface area contributed by atoms with E-state index in [1.807, 2.05) is 0 Å². The normalized spacial score (nSPS) is 13.9. The van der Waals surface area contributed by atoms with Crippen LogP contribution in [0.25, 0.3) is 0 Å². The van der Waals surface area contributed by atoms with Crippen LogP contribution in [-0.2, 0) is 65.4 Å². The number of hydrogen-bond acceptors (Lipinski definition) is 15. The van der Waals surface area contributed by atoms with E-state index >= 15 is 0 Å². The molecule has 0 rings (SSSR count). The van der Waals surface area contributed by atoms with Gasteiger partial charge in [-0.05, 0) is 51.4 Å². The van der Waals surface area contributed by atoms with Gasteiger partial charge in [0.05, 0.1) is 26.4 Å². The molecule has 0 fully saturated rings. The zero-order chi connectivity index (χ0) is 73.2. The molecule has 0 saturated carbocycles. The SMILES string of the molecule is CCCCCC/C=C\C=C/CCCCCCCC(=O)O[C@H](COC(=O)CCCCCCC)COP(=O)(O)OC[C@H](O)COP(=O)(O)OC[C@@H](COC(=O)CCCCCCCCCCCCCCCCCCCCC)OC(=O)CCCCCCCCCCCCCCCCCCCCCCC. The van der Waals surface area contributed by atoms with Crippen molar-refractivity contribution in [3.63, 3.8) is 0 Å². The van der Waals surface area contributed by atoms with Crippen LogP contribution in [0.1, 0.15) is 413 Å². The second-order valence-corrected chi connectivity index (χ2v) is 31.4. The summed E-state index contributed by atoms with van der Waals surface area (Å²) >= 11 is 0. The Bertz CT molecular complexity index is 1990. The van der Waals surface area contributed by atoms with Gasteiger partial charge >= 0.3 is 39.5 Å². The third kappa shape index (κ3) is 73.8. The molecule has 17 nitrogen and oxygen atoms in total. The molecule has 0 radical (unpaired) electrons. The summed E-state index contributed by atoms with van der Waals surface area (Å²) in [6.07, 6.45) is 70.8. The van der Waals surface area contributed by atoms with Gasteiger partial charge in [-0.1, -0.05) is 360 Å². The number of ether oxygens (including phenoxy) is 4. The monoisotopic (exact) mass is 1460 g/mol. The number of unbranched alkanes of at least 4 members (excludes halogenated alkanes) is 51. The predicted molar refractivity (Wildman–Crippen MR) is 409 cm³/mol. The van der Waals surface area contributed by atoms with Gasteiger partial charge in [0, 0.05) is 25.7 Å². The smallest absolute Gasteiger partial charge is 0.462 e. The van der Waals surface area contributed by atoms with Gasteiger partial charge in [-0.2, -0.15) is 0 Å². The van der Waals surface area contributed by atoms with Crippen molar-refractivity contribution in [2.75, 3.05) is 39.6 Å². The lowest BCUT2D eigenvalue weighted by atomic mass is 10.0. The highest BCUT2D eigenvalue weighted by Crippen LogP contribution is 2.45. The molecule has 19 heteroatoms. The van der Waals surface area contributed by atoms with Crippen molar-refractivity contribution in [3.05, 3.63) is 24.3 Å². The van der Waals surface area contributed by atoms with Crippen LogP contribution in [0.5, 0.6) is 0 Å². The first-order valence-electron chi connectivity index (χ1n) is 41.6. The standard InChI is InChI=1S/C81H154O17P2/c1-5-9-13-17-20-23-26-29-32-34-36-37-39-41-44-47-50-53-56-60-64-68-81(86)98-77(72-92-79(84)66-62-58-54-51-48-45-43-40-38-35-33-30-27-24-21-18-14-10-6-2)74-96-100(89,90)94-70-75(82)69-93-99(87,88)95-73-76(71-91-78(83)65-61-57-16-12-8-4)97-80(85)67-63-59-55-52-49-46-42-31-28-25-22-19-15-11-7-3/h25,28,31,42,75-77,82H,5-24,26-27,29-30,32-41,43-74H2,1-4H3,(H,87,88)(H,89,90)/b28-25-,42-31-/t75-,76+,77+/m0/s1. The molecule has 2 unspecified atom stereocenters. The van der Waals surface area contributed by atoms with Gasteiger partial charge in [-0.3, -0.25) is 37.3 Å². The van der Waals surface area contributed by atoms with Crippen molar-refractivity contribution in [3.8, 4) is 0 Å². The Morgan fingerprint density at radius 3 is 0.730 bits per heavy atom. The van der Waals surface area contributed by atoms with Crippen molar-refractivity contribution in [1.29, 1.82) is 0 Å². The fourth-order valence-corrected chi connectivity index (χ4v) is 13.7. The van der Waals surface area contributed by atoms with E-state index in [-0.39, 0.29) is 25.7 Å². The minimum Gasteiger partial charge on any atom is -0.462 e. The first-order valence-corrected chi connectivity index (χ1v) is 44.6. The van der Waals surface area contributed by atoms with Gasteiger partial charge in [0.1, 0.15) is 19.3 Å². The molecule has 0 aromatic heterocycles. The summed E-state index contributed by atoms with van der Waals surface area (Å²) in [5.41, 5.74) is 0. The van der Waals surface area contributed by atoms with Crippen LogP contribution >= 0.6 is 15.6 Å². The highest BCUT2D eigenvalue weighted by Gasteiger charge is 2.30. The molecule has 0 bridgehead atoms. The lowest BCUT2D eigenvalue weighted by molar-refractivity contribution is -0.161. The van der Waals surface area contributed by atoms with Crippen molar-refractivity contribution in [2.45, 2.75) is 431 Å². The van der Waals surface area contributed by atoms with E-state index in [1.54, 1.807) is 0 Å². The molecule has 0 amide bonds. The Labute approximate surface area is 612 Å². The van der Waals surface area contributed by atoms with Crippen LogP contribution in [0.2, 0.25) is 0 Å². The van der Waals surface area contributed by atoms with Gasteiger partial charge < -0.3 is 33.8 Å². The molecule has 0 aliphatic heterocycles. The number of carbonyl (C=O) groups excluding carboxylic acids is 4. The molecular formula is C81H154O17P2. The second-order valence-electron chi connectivity index (χ2n) is 28.5. The van der Waals surface area contributed by atoms with Crippen LogP contribution in [0.15, 0.2) is 24.3 Å². The molecule has 5 atom stereocenters. The van der Waals surface area contributed by atoms with Crippen molar-refractivity contribution < 1.29 is 80.2 Å². The number of allylic oxidation sites excluding steroid dienone is 4. The number of esters is 4. The fourth-order valence-electron chi connectivity index (χ4n) is 12.1. The number of phosphoric ester groups is 2. The average molecular weight is 1460 g/mol. The third-order valence-electron chi connectivity index (χ3n) is 18.5. The van der Waals surface area contributed by atoms with Crippen LogP contribution in [0.3, 0.4) is 0 Å². The zero-order valence-corrected chi connectivity index (χ0v) is 66.5. The first kappa shape index (κ1) is 97.5. The Kier molecular flexibility index (Phi) is 73.0. The summed E-state index contributed by atoms with van der Waals surface area (Å²) in [7, 11) is -9.92. The van der Waals surface area contributed by atoms with Gasteiger partial charge in [0.2, 0.25) is 0 Å². The van der Waals surface area contributed by atoms with E-state index in [0.29, 0.717) is 25.7 Å². The fraction of sp³-hybridized carbons (Fsp3) is 0.901. The number of phosphoric acid groups is 2. The van der Waals surface area contributed by atoms with E-state index in [9.17, 15) is 43.2 Å². The largest absolute Gasteiger partial charge is 0.472 e. The van der Waals surface area contributed by atoms with Crippen LogP contribution in [0.4, 0.5) is 0 Å². The topological polar surface area (TPSA) is 237 Å². The maximum atomic E-state index is 13.1. The molecule has 0 aliphatic carbocycles. The van der Waals surface area contributed by atoms with E-state index in [4.69, 9.17) is 37.0 Å². The number of aliphatic hydroxyl groups is 1. The number of aliphatic hydroxyl groups excluding tert-OH is 1. The molecule has 0 aromatic rings. The molecule has 590 valence electrons. The molecule has 0 aromatic carbocycles. The Balaban J connectivity index is 5.14. The zero-order valence-electron chi connectivity index (χ0n) is 64.7. The first-order chi connectivity index (χ1) is 48.7. The molecule has 3 N–H and O–H groups in total. The number of rotatable bonds is 80. The predicted octanol–water partition coefficient (Wildman–Crippen LogP) is 24.1. The quantitative estimate of drug-likeness (QED) is 0.0169. The molecule has 0 aliphatic rings. The van der Waals surface area contributed by atoms with Crippen molar-refractivity contribution in [1.82, 2.24) is 0 Å². The van der Waals surface area contributed by atoms with E-state index < -0.39 is 97.5 Å². The molecule has 0 saturated heterocycles. The molecule has 0 heterocycles. The lowest BCUT2D eigenvalue weighted by Gasteiger charge is -2.21. The minimum absolute atomic E-state index is 0.0847. The summed E-state index contributed by atoms with van der Waals surface area (Å²) in [6, 6.07) is 0. The van der Waals surface area contributed by atoms with Gasteiger partial charge in [0.25, 0.3) is 0 Å². The number of carbonyl (C=O) groups is 4. The summed E-state index contributed by atoms with van der Waals surface area (Å²) in [6.45, 7) is 4.86. The molecular weight excluding hydrogens is 1310 g/mol. The maximum Gasteiger partial charge on any atom is 0.472 e. The van der Waals surface area contributed by atoms with E-state index in [1.165, 1.54) is 225 Å².